The van der Waals surface area contributed by atoms with Gasteiger partial charge >= 0.3 is 0 Å². The van der Waals surface area contributed by atoms with Crippen LogP contribution < -0.4 is 9.64 Å². The quantitative estimate of drug-likeness (QED) is 0.141. The number of carbonyl (C=O) groups excluding carboxylic acids is 2. The number of benzene rings is 3. The molecule has 9 heteroatoms. The first-order valence-electron chi connectivity index (χ1n) is 13.7. The van der Waals surface area contributed by atoms with E-state index in [-0.39, 0.29) is 12.5 Å². The molecular formula is C32H26Cl2N2O5. The van der Waals surface area contributed by atoms with Crippen molar-refractivity contribution in [2.75, 3.05) is 11.5 Å². The number of amides is 1. The summed E-state index contributed by atoms with van der Waals surface area (Å²) in [7, 11) is 0. The molecule has 0 saturated heterocycles. The number of ether oxygens (including phenoxy) is 2. The first kappa shape index (κ1) is 26.1. The molecule has 208 valence electrons. The van der Waals surface area contributed by atoms with Gasteiger partial charge in [0.05, 0.1) is 33.3 Å². The van der Waals surface area contributed by atoms with E-state index in [1.165, 1.54) is 0 Å². The van der Waals surface area contributed by atoms with Crippen molar-refractivity contribution in [2.24, 2.45) is 0 Å². The number of hydrogen-bond acceptors (Lipinski definition) is 6. The zero-order chi connectivity index (χ0) is 28.1. The Hall–Kier alpha value is -3.81. The molecule has 2 saturated carbocycles. The van der Waals surface area contributed by atoms with Gasteiger partial charge in [-0.25, -0.2) is 0 Å². The van der Waals surface area contributed by atoms with Crippen molar-refractivity contribution in [3.05, 3.63) is 93.2 Å². The highest BCUT2D eigenvalue weighted by atomic mass is 35.5. The number of anilines is 2. The Morgan fingerprint density at radius 3 is 2.49 bits per heavy atom. The van der Waals surface area contributed by atoms with Crippen LogP contribution >= 0.6 is 23.2 Å². The van der Waals surface area contributed by atoms with Crippen LogP contribution in [0.15, 0.2) is 65.2 Å². The summed E-state index contributed by atoms with van der Waals surface area (Å²) in [6, 6.07) is 19.0. The molecule has 7 nitrogen and oxygen atoms in total. The summed E-state index contributed by atoms with van der Waals surface area (Å²) < 4.78 is 16.9. The molecule has 0 unspecified atom stereocenters. The molecule has 0 bridgehead atoms. The lowest BCUT2D eigenvalue weighted by Gasteiger charge is -2.19. The predicted octanol–water partition coefficient (Wildman–Crippen LogP) is 7.53. The van der Waals surface area contributed by atoms with Crippen LogP contribution in [0.3, 0.4) is 0 Å². The normalized spacial score (nSPS) is 16.6. The second-order valence-electron chi connectivity index (χ2n) is 10.8. The Morgan fingerprint density at radius 2 is 1.80 bits per heavy atom. The first-order chi connectivity index (χ1) is 20.0. The van der Waals surface area contributed by atoms with Crippen LogP contribution in [-0.4, -0.2) is 24.1 Å². The third kappa shape index (κ3) is 4.57. The van der Waals surface area contributed by atoms with Crippen LogP contribution in [0, 0.1) is 0 Å². The summed E-state index contributed by atoms with van der Waals surface area (Å²) in [5, 5.41) is 5.36. The fourth-order valence-electron chi connectivity index (χ4n) is 5.73. The number of nitrogens with zero attached hydrogens (tertiary/aromatic N) is 2. The van der Waals surface area contributed by atoms with E-state index in [2.05, 4.69) is 5.16 Å². The molecule has 1 aromatic heterocycles. The molecular weight excluding hydrogens is 563 g/mol. The Morgan fingerprint density at radius 1 is 1.05 bits per heavy atom. The number of fused-ring (bicyclic) bond motifs is 2. The zero-order valence-corrected chi connectivity index (χ0v) is 23.6. The molecule has 3 aliphatic rings. The highest BCUT2D eigenvalue weighted by Gasteiger charge is 2.59. The average Bonchev–Trinajstić information content (AvgIpc) is 3.91. The second-order valence-corrected chi connectivity index (χ2v) is 11.6. The van der Waals surface area contributed by atoms with Gasteiger partial charge in [0.15, 0.2) is 0 Å². The van der Waals surface area contributed by atoms with E-state index in [0.29, 0.717) is 52.5 Å². The average molecular weight is 589 g/mol. The lowest BCUT2D eigenvalue weighted by molar-refractivity contribution is -0.128. The molecule has 0 radical (unpaired) electrons. The maximum Gasteiger partial charge on any atom is 0.293 e. The summed E-state index contributed by atoms with van der Waals surface area (Å²) in [5.41, 5.74) is 5.30. The van der Waals surface area contributed by atoms with Gasteiger partial charge in [0.1, 0.15) is 23.8 Å². The number of rotatable bonds is 10. The van der Waals surface area contributed by atoms with Crippen LogP contribution in [0.4, 0.5) is 11.4 Å². The summed E-state index contributed by atoms with van der Waals surface area (Å²) in [6.07, 6.45) is 4.34. The third-order valence-electron chi connectivity index (χ3n) is 8.21. The molecule has 41 heavy (non-hydrogen) atoms. The van der Waals surface area contributed by atoms with E-state index in [9.17, 15) is 9.59 Å². The number of carbonyl (C=O) groups is 2. The first-order valence-corrected chi connectivity index (χ1v) is 14.4. The van der Waals surface area contributed by atoms with E-state index >= 15 is 0 Å². The van der Waals surface area contributed by atoms with Gasteiger partial charge in [-0.05, 0) is 79.3 Å². The highest BCUT2D eigenvalue weighted by Crippen LogP contribution is 2.59. The number of halogens is 2. The Bertz CT molecular complexity index is 1640. The maximum absolute atomic E-state index is 13.7. The summed E-state index contributed by atoms with van der Waals surface area (Å²) in [5.74, 6) is 1.90. The van der Waals surface area contributed by atoms with Gasteiger partial charge in [-0.2, -0.15) is 0 Å². The molecule has 2 fully saturated rings. The van der Waals surface area contributed by atoms with Crippen molar-refractivity contribution in [3.63, 3.8) is 0 Å². The summed E-state index contributed by atoms with van der Waals surface area (Å²) in [6.45, 7) is 1.02. The summed E-state index contributed by atoms with van der Waals surface area (Å²) in [4.78, 5) is 25.9. The van der Waals surface area contributed by atoms with Gasteiger partial charge in [-0.3, -0.25) is 14.5 Å². The standard InChI is InChI=1S/C32H26Cl2N2O5/c33-25-2-1-3-26(34)28(25)29-23(30(41-35-29)20-6-7-20)17-40-22-10-11-27-24(16-22)32(13-14-32)31(38)36(27)21-8-4-19(5-9-21)12-15-39-18-37/h1-5,8-11,16,18,20H,6-7,12-15,17H2. The fourth-order valence-corrected chi connectivity index (χ4v) is 6.30. The number of hydrogen-bond donors (Lipinski definition) is 0. The van der Waals surface area contributed by atoms with Gasteiger partial charge in [0.2, 0.25) is 5.91 Å². The van der Waals surface area contributed by atoms with Crippen LogP contribution in [-0.2, 0) is 32.8 Å². The third-order valence-corrected chi connectivity index (χ3v) is 8.84. The lowest BCUT2D eigenvalue weighted by atomic mass is 9.98. The van der Waals surface area contributed by atoms with Gasteiger partial charge in [-0.1, -0.05) is 46.6 Å². The van der Waals surface area contributed by atoms with Crippen molar-refractivity contribution in [1.82, 2.24) is 5.16 Å². The van der Waals surface area contributed by atoms with E-state index in [4.69, 9.17) is 37.2 Å². The molecule has 2 aliphatic carbocycles. The molecule has 0 atom stereocenters. The number of aromatic nitrogens is 1. The van der Waals surface area contributed by atoms with Crippen molar-refractivity contribution < 1.29 is 23.6 Å². The molecule has 0 N–H and O–H groups in total. The van der Waals surface area contributed by atoms with Gasteiger partial charge < -0.3 is 14.0 Å². The highest BCUT2D eigenvalue weighted by molar-refractivity contribution is 6.39. The fraction of sp³-hybridized carbons (Fsp3) is 0.281. The van der Waals surface area contributed by atoms with Crippen molar-refractivity contribution in [2.45, 2.75) is 50.0 Å². The van der Waals surface area contributed by atoms with Gasteiger partial charge in [0.25, 0.3) is 6.47 Å². The van der Waals surface area contributed by atoms with Gasteiger partial charge in [0, 0.05) is 23.6 Å². The summed E-state index contributed by atoms with van der Waals surface area (Å²) >= 11 is 13.0. The Balaban J connectivity index is 1.16. The minimum atomic E-state index is -0.502. The molecule has 1 spiro atoms. The monoisotopic (exact) mass is 588 g/mol. The van der Waals surface area contributed by atoms with E-state index in [1.54, 1.807) is 23.1 Å². The zero-order valence-electron chi connectivity index (χ0n) is 22.1. The molecule has 2 heterocycles. The molecule has 4 aromatic rings. The minimum Gasteiger partial charge on any atom is -0.489 e. The Labute approximate surface area is 246 Å². The van der Waals surface area contributed by atoms with Crippen molar-refractivity contribution in [1.29, 1.82) is 0 Å². The smallest absolute Gasteiger partial charge is 0.293 e. The maximum atomic E-state index is 13.7. The van der Waals surface area contributed by atoms with Crippen LogP contribution in [0.5, 0.6) is 5.75 Å². The van der Waals surface area contributed by atoms with E-state index < -0.39 is 5.41 Å². The topological polar surface area (TPSA) is 81.9 Å². The van der Waals surface area contributed by atoms with Gasteiger partial charge in [-0.15, -0.1) is 0 Å². The van der Waals surface area contributed by atoms with Crippen LogP contribution in [0.2, 0.25) is 10.0 Å². The van der Waals surface area contributed by atoms with E-state index in [1.807, 2.05) is 42.5 Å². The lowest BCUT2D eigenvalue weighted by Crippen LogP contribution is -2.27. The van der Waals surface area contributed by atoms with E-state index in [0.717, 1.165) is 59.5 Å². The van der Waals surface area contributed by atoms with Crippen LogP contribution in [0.25, 0.3) is 11.3 Å². The Kier molecular flexibility index (Phi) is 6.51. The molecule has 1 amide bonds. The van der Waals surface area contributed by atoms with Crippen LogP contribution in [0.1, 0.15) is 54.1 Å². The SMILES string of the molecule is O=COCCc1ccc(N2C(=O)C3(CC3)c3cc(OCc4c(-c5c(Cl)cccc5Cl)noc4C4CC4)ccc32)cc1. The predicted molar refractivity (Wildman–Crippen MR) is 155 cm³/mol. The second kappa shape index (κ2) is 10.2. The molecule has 7 rings (SSSR count). The minimum absolute atomic E-state index is 0.0902. The largest absolute Gasteiger partial charge is 0.489 e. The molecule has 3 aromatic carbocycles. The van der Waals surface area contributed by atoms with Crippen molar-refractivity contribution in [3.8, 4) is 17.0 Å². The van der Waals surface area contributed by atoms with Crippen molar-refractivity contribution >= 4 is 47.0 Å². The molecule has 1 aliphatic heterocycles.